The van der Waals surface area contributed by atoms with Crippen LogP contribution in [0.5, 0.6) is 11.5 Å². The SMILES string of the molecule is CCNCC1CCN(C(=O)c2cc(Br)c3c(c2)OCCO3)CC1. The van der Waals surface area contributed by atoms with Crippen LogP contribution < -0.4 is 14.8 Å². The number of fused-ring (bicyclic) bond motifs is 1. The third kappa shape index (κ3) is 3.80. The Hall–Kier alpha value is -1.27. The van der Waals surface area contributed by atoms with Crippen LogP contribution in [0.2, 0.25) is 0 Å². The van der Waals surface area contributed by atoms with Gasteiger partial charge in [0.05, 0.1) is 4.47 Å². The van der Waals surface area contributed by atoms with Crippen molar-refractivity contribution in [3.63, 3.8) is 0 Å². The molecular formula is C17H23BrN2O3. The standard InChI is InChI=1S/C17H23BrN2O3/c1-2-19-11-12-3-5-20(6-4-12)17(21)13-9-14(18)16-15(10-13)22-7-8-23-16/h9-10,12,19H,2-8,11H2,1H3. The summed E-state index contributed by atoms with van der Waals surface area (Å²) in [6, 6.07) is 3.63. The Kier molecular flexibility index (Phi) is 5.43. The van der Waals surface area contributed by atoms with E-state index in [1.165, 1.54) is 0 Å². The lowest BCUT2D eigenvalue weighted by Gasteiger charge is -2.32. The highest BCUT2D eigenvalue weighted by atomic mass is 79.9. The Labute approximate surface area is 145 Å². The van der Waals surface area contributed by atoms with Crippen LogP contribution >= 0.6 is 15.9 Å². The highest BCUT2D eigenvalue weighted by Gasteiger charge is 2.25. The fraction of sp³-hybridized carbons (Fsp3) is 0.588. The van der Waals surface area contributed by atoms with E-state index in [1.807, 2.05) is 11.0 Å². The van der Waals surface area contributed by atoms with Gasteiger partial charge in [0.1, 0.15) is 13.2 Å². The lowest BCUT2D eigenvalue weighted by Crippen LogP contribution is -2.40. The zero-order chi connectivity index (χ0) is 16.2. The van der Waals surface area contributed by atoms with Crippen molar-refractivity contribution in [2.24, 2.45) is 5.92 Å². The first-order valence-corrected chi connectivity index (χ1v) is 9.07. The molecule has 1 aromatic carbocycles. The number of nitrogens with zero attached hydrogens (tertiary/aromatic N) is 1. The molecule has 1 saturated heterocycles. The van der Waals surface area contributed by atoms with Crippen LogP contribution in [0.15, 0.2) is 16.6 Å². The van der Waals surface area contributed by atoms with Crippen molar-refractivity contribution in [1.82, 2.24) is 10.2 Å². The average molecular weight is 383 g/mol. The molecule has 0 saturated carbocycles. The smallest absolute Gasteiger partial charge is 0.254 e. The van der Waals surface area contributed by atoms with Gasteiger partial charge < -0.3 is 19.7 Å². The molecule has 0 radical (unpaired) electrons. The fourth-order valence-electron chi connectivity index (χ4n) is 3.11. The summed E-state index contributed by atoms with van der Waals surface area (Å²) >= 11 is 3.48. The number of benzene rings is 1. The molecule has 2 heterocycles. The first kappa shape index (κ1) is 16.6. The van der Waals surface area contributed by atoms with Gasteiger partial charge in [-0.25, -0.2) is 0 Å². The molecule has 126 valence electrons. The highest BCUT2D eigenvalue weighted by Crippen LogP contribution is 2.39. The van der Waals surface area contributed by atoms with E-state index < -0.39 is 0 Å². The first-order chi connectivity index (χ1) is 11.2. The van der Waals surface area contributed by atoms with Crippen LogP contribution in [0, 0.1) is 5.92 Å². The third-order valence-corrected chi connectivity index (χ3v) is 5.02. The number of amides is 1. The highest BCUT2D eigenvalue weighted by molar-refractivity contribution is 9.10. The van der Waals surface area contributed by atoms with E-state index in [-0.39, 0.29) is 5.91 Å². The van der Waals surface area contributed by atoms with Gasteiger partial charge in [-0.1, -0.05) is 6.92 Å². The first-order valence-electron chi connectivity index (χ1n) is 8.28. The van der Waals surface area contributed by atoms with Crippen LogP contribution in [0.1, 0.15) is 30.1 Å². The number of halogens is 1. The van der Waals surface area contributed by atoms with E-state index in [9.17, 15) is 4.79 Å². The molecule has 1 N–H and O–H groups in total. The van der Waals surface area contributed by atoms with E-state index in [1.54, 1.807) is 6.07 Å². The summed E-state index contributed by atoms with van der Waals surface area (Å²) in [6.07, 6.45) is 2.12. The van der Waals surface area contributed by atoms with E-state index in [0.29, 0.717) is 36.2 Å². The number of nitrogens with one attached hydrogen (secondary N) is 1. The molecule has 2 aliphatic rings. The van der Waals surface area contributed by atoms with E-state index in [0.717, 1.165) is 43.5 Å². The van der Waals surface area contributed by atoms with Gasteiger partial charge >= 0.3 is 0 Å². The summed E-state index contributed by atoms with van der Waals surface area (Å²) in [7, 11) is 0. The molecule has 5 nitrogen and oxygen atoms in total. The van der Waals surface area contributed by atoms with Crippen LogP contribution in [0.25, 0.3) is 0 Å². The van der Waals surface area contributed by atoms with Crippen molar-refractivity contribution in [3.8, 4) is 11.5 Å². The monoisotopic (exact) mass is 382 g/mol. The van der Waals surface area contributed by atoms with Crippen molar-refractivity contribution in [2.75, 3.05) is 39.4 Å². The van der Waals surface area contributed by atoms with Crippen LogP contribution in [-0.2, 0) is 0 Å². The van der Waals surface area contributed by atoms with E-state index in [4.69, 9.17) is 9.47 Å². The van der Waals surface area contributed by atoms with Gasteiger partial charge in [0.2, 0.25) is 0 Å². The number of ether oxygens (including phenoxy) is 2. The number of hydrogen-bond acceptors (Lipinski definition) is 4. The van der Waals surface area contributed by atoms with Crippen LogP contribution in [0.4, 0.5) is 0 Å². The number of piperidine rings is 1. The number of likely N-dealkylation sites (tertiary alicyclic amines) is 1. The molecule has 23 heavy (non-hydrogen) atoms. The molecule has 1 amide bonds. The van der Waals surface area contributed by atoms with Gasteiger partial charge in [0.25, 0.3) is 5.91 Å². The van der Waals surface area contributed by atoms with Crippen molar-refractivity contribution in [1.29, 1.82) is 0 Å². The molecule has 0 bridgehead atoms. The number of carbonyl (C=O) groups is 1. The minimum Gasteiger partial charge on any atom is -0.486 e. The zero-order valence-corrected chi connectivity index (χ0v) is 15.0. The van der Waals surface area contributed by atoms with Gasteiger partial charge in [-0.3, -0.25) is 4.79 Å². The molecule has 0 unspecified atom stereocenters. The minimum absolute atomic E-state index is 0.0737. The third-order valence-electron chi connectivity index (χ3n) is 4.43. The van der Waals surface area contributed by atoms with E-state index >= 15 is 0 Å². The summed E-state index contributed by atoms with van der Waals surface area (Å²) in [5.74, 6) is 2.09. The molecule has 1 fully saturated rings. The van der Waals surface area contributed by atoms with Gasteiger partial charge in [-0.05, 0) is 59.9 Å². The molecule has 0 aromatic heterocycles. The number of rotatable bonds is 4. The largest absolute Gasteiger partial charge is 0.486 e. The molecule has 0 spiro atoms. The van der Waals surface area contributed by atoms with Crippen LogP contribution in [-0.4, -0.2) is 50.2 Å². The van der Waals surface area contributed by atoms with Crippen molar-refractivity contribution in [3.05, 3.63) is 22.2 Å². The Balaban J connectivity index is 1.66. The molecule has 0 aliphatic carbocycles. The lowest BCUT2D eigenvalue weighted by molar-refractivity contribution is 0.0689. The van der Waals surface area contributed by atoms with E-state index in [2.05, 4.69) is 28.2 Å². The van der Waals surface area contributed by atoms with Crippen molar-refractivity contribution in [2.45, 2.75) is 19.8 Å². The maximum atomic E-state index is 12.8. The molecule has 2 aliphatic heterocycles. The van der Waals surface area contributed by atoms with Crippen LogP contribution in [0.3, 0.4) is 0 Å². The molecule has 1 aromatic rings. The second kappa shape index (κ2) is 7.53. The summed E-state index contributed by atoms with van der Waals surface area (Å²) in [6.45, 7) is 6.88. The lowest BCUT2D eigenvalue weighted by atomic mass is 9.96. The average Bonchev–Trinajstić information content (AvgIpc) is 2.60. The predicted molar refractivity (Wildman–Crippen MR) is 92.3 cm³/mol. The molecule has 3 rings (SSSR count). The Morgan fingerprint density at radius 1 is 1.30 bits per heavy atom. The zero-order valence-electron chi connectivity index (χ0n) is 13.4. The maximum Gasteiger partial charge on any atom is 0.254 e. The number of carbonyl (C=O) groups excluding carboxylic acids is 1. The second-order valence-electron chi connectivity index (χ2n) is 6.03. The fourth-order valence-corrected chi connectivity index (χ4v) is 3.66. The maximum absolute atomic E-state index is 12.8. The Bertz CT molecular complexity index is 571. The topological polar surface area (TPSA) is 50.8 Å². The van der Waals surface area contributed by atoms with Gasteiger partial charge in [-0.2, -0.15) is 0 Å². The molecular weight excluding hydrogens is 360 g/mol. The summed E-state index contributed by atoms with van der Waals surface area (Å²) < 4.78 is 12.0. The second-order valence-corrected chi connectivity index (χ2v) is 6.88. The quantitative estimate of drug-likeness (QED) is 0.869. The van der Waals surface area contributed by atoms with Gasteiger partial charge in [0.15, 0.2) is 11.5 Å². The normalized spacial score (nSPS) is 18.1. The Morgan fingerprint density at radius 2 is 2.04 bits per heavy atom. The van der Waals surface area contributed by atoms with Gasteiger partial charge in [-0.15, -0.1) is 0 Å². The predicted octanol–water partition coefficient (Wildman–Crippen LogP) is 2.68. The van der Waals surface area contributed by atoms with Crippen molar-refractivity contribution < 1.29 is 14.3 Å². The molecule has 6 heteroatoms. The number of hydrogen-bond donors (Lipinski definition) is 1. The summed E-state index contributed by atoms with van der Waals surface area (Å²) in [4.78, 5) is 14.7. The summed E-state index contributed by atoms with van der Waals surface area (Å²) in [5.41, 5.74) is 0.659. The van der Waals surface area contributed by atoms with Gasteiger partial charge in [0, 0.05) is 18.7 Å². The Morgan fingerprint density at radius 3 is 2.78 bits per heavy atom. The summed E-state index contributed by atoms with van der Waals surface area (Å²) in [5, 5.41) is 3.40. The van der Waals surface area contributed by atoms with Crippen molar-refractivity contribution >= 4 is 21.8 Å². The molecule has 0 atom stereocenters. The minimum atomic E-state index is 0.0737.